The smallest absolute Gasteiger partial charge is 0.338 e. The van der Waals surface area contributed by atoms with Gasteiger partial charge in [0.15, 0.2) is 0 Å². The second kappa shape index (κ2) is 7.67. The second-order valence-electron chi connectivity index (χ2n) is 4.56. The molecule has 3 N–H and O–H groups in total. The van der Waals surface area contributed by atoms with Crippen molar-refractivity contribution in [3.05, 3.63) is 23.8 Å². The number of carbonyl (C=O) groups excluding carboxylic acids is 1. The molecule has 0 amide bonds. The molecule has 106 valence electrons. The molecular weight excluding hydrogens is 240 g/mol. The van der Waals surface area contributed by atoms with Crippen LogP contribution in [0, 0.1) is 0 Å². The average molecular weight is 264 g/mol. The van der Waals surface area contributed by atoms with Crippen molar-refractivity contribution in [2.24, 2.45) is 0 Å². The number of esters is 1. The number of hydrogen-bond donors (Lipinski definition) is 2. The van der Waals surface area contributed by atoms with Crippen molar-refractivity contribution < 1.29 is 9.53 Å². The molecule has 1 rings (SSSR count). The van der Waals surface area contributed by atoms with E-state index in [-0.39, 0.29) is 5.97 Å². The Morgan fingerprint density at radius 1 is 1.37 bits per heavy atom. The molecule has 0 fully saturated rings. The van der Waals surface area contributed by atoms with E-state index >= 15 is 0 Å². The first kappa shape index (κ1) is 15.3. The first-order valence-corrected chi connectivity index (χ1v) is 6.95. The quantitative estimate of drug-likeness (QED) is 0.585. The minimum Gasteiger partial charge on any atom is -0.462 e. The van der Waals surface area contributed by atoms with Gasteiger partial charge in [0.25, 0.3) is 0 Å². The van der Waals surface area contributed by atoms with Crippen LogP contribution in [0.1, 0.15) is 50.4 Å². The van der Waals surface area contributed by atoms with Crippen LogP contribution in [0.4, 0.5) is 11.4 Å². The Hall–Kier alpha value is -1.71. The Kier molecular flexibility index (Phi) is 6.19. The maximum atomic E-state index is 11.6. The minimum absolute atomic E-state index is 0.332. The van der Waals surface area contributed by atoms with E-state index in [4.69, 9.17) is 10.5 Å². The predicted octanol–water partition coefficient (Wildman–Crippen LogP) is 3.44. The van der Waals surface area contributed by atoms with Crippen LogP contribution in [-0.4, -0.2) is 18.6 Å². The third kappa shape index (κ3) is 4.47. The highest BCUT2D eigenvalue weighted by Crippen LogP contribution is 2.22. The highest BCUT2D eigenvalue weighted by atomic mass is 16.5. The predicted molar refractivity (Wildman–Crippen MR) is 79.4 cm³/mol. The van der Waals surface area contributed by atoms with Crippen LogP contribution in [0.15, 0.2) is 18.2 Å². The molecule has 1 aromatic rings. The van der Waals surface area contributed by atoms with Crippen molar-refractivity contribution in [3.8, 4) is 0 Å². The summed E-state index contributed by atoms with van der Waals surface area (Å²) in [7, 11) is 0. The van der Waals surface area contributed by atoms with Crippen LogP contribution in [0.2, 0.25) is 0 Å². The van der Waals surface area contributed by atoms with Gasteiger partial charge in [0, 0.05) is 6.04 Å². The molecule has 0 saturated heterocycles. The zero-order valence-electron chi connectivity index (χ0n) is 12.0. The summed E-state index contributed by atoms with van der Waals surface area (Å²) in [5.74, 6) is -0.332. The Labute approximate surface area is 115 Å². The number of anilines is 2. The van der Waals surface area contributed by atoms with Crippen molar-refractivity contribution in [1.29, 1.82) is 0 Å². The maximum Gasteiger partial charge on any atom is 0.338 e. The number of benzene rings is 1. The Morgan fingerprint density at radius 3 is 2.63 bits per heavy atom. The molecule has 4 nitrogen and oxygen atoms in total. The van der Waals surface area contributed by atoms with Gasteiger partial charge in [-0.05, 0) is 38.0 Å². The number of carbonyl (C=O) groups is 1. The fourth-order valence-electron chi connectivity index (χ4n) is 1.98. The summed E-state index contributed by atoms with van der Waals surface area (Å²) in [6.07, 6.45) is 3.29. The van der Waals surface area contributed by atoms with Crippen LogP contribution in [0.25, 0.3) is 0 Å². The van der Waals surface area contributed by atoms with E-state index in [1.54, 1.807) is 19.1 Å². The molecule has 1 unspecified atom stereocenters. The van der Waals surface area contributed by atoms with Gasteiger partial charge in [-0.2, -0.15) is 0 Å². The first-order chi connectivity index (χ1) is 9.12. The first-order valence-electron chi connectivity index (χ1n) is 6.95. The fourth-order valence-corrected chi connectivity index (χ4v) is 1.98. The van der Waals surface area contributed by atoms with Gasteiger partial charge in [-0.1, -0.05) is 20.3 Å². The highest BCUT2D eigenvalue weighted by molar-refractivity contribution is 5.91. The molecule has 0 aliphatic heterocycles. The largest absolute Gasteiger partial charge is 0.462 e. The van der Waals surface area contributed by atoms with Gasteiger partial charge in [0.1, 0.15) is 0 Å². The summed E-state index contributed by atoms with van der Waals surface area (Å²) in [6.45, 7) is 6.47. The Bertz CT molecular complexity index is 419. The monoisotopic (exact) mass is 264 g/mol. The van der Waals surface area contributed by atoms with E-state index in [9.17, 15) is 4.79 Å². The molecule has 0 aliphatic rings. The van der Waals surface area contributed by atoms with Gasteiger partial charge in [-0.25, -0.2) is 4.79 Å². The Morgan fingerprint density at radius 2 is 2.11 bits per heavy atom. The lowest BCUT2D eigenvalue weighted by Crippen LogP contribution is -2.19. The van der Waals surface area contributed by atoms with Crippen LogP contribution in [-0.2, 0) is 4.74 Å². The molecule has 0 saturated carbocycles. The Balaban J connectivity index is 2.79. The van der Waals surface area contributed by atoms with Gasteiger partial charge in [-0.15, -0.1) is 0 Å². The molecule has 0 bridgehead atoms. The van der Waals surface area contributed by atoms with E-state index in [1.807, 2.05) is 6.07 Å². The molecule has 1 atom stereocenters. The summed E-state index contributed by atoms with van der Waals surface area (Å²) in [5, 5.41) is 3.42. The van der Waals surface area contributed by atoms with Crippen LogP contribution in [0.3, 0.4) is 0 Å². The normalized spacial score (nSPS) is 11.9. The number of hydrogen-bond acceptors (Lipinski definition) is 4. The summed E-state index contributed by atoms with van der Waals surface area (Å²) >= 11 is 0. The molecule has 0 heterocycles. The second-order valence-corrected chi connectivity index (χ2v) is 4.56. The van der Waals surface area contributed by atoms with Crippen LogP contribution >= 0.6 is 0 Å². The van der Waals surface area contributed by atoms with E-state index in [0.717, 1.165) is 24.9 Å². The zero-order valence-corrected chi connectivity index (χ0v) is 12.0. The van der Waals surface area contributed by atoms with Crippen molar-refractivity contribution in [2.45, 2.75) is 46.1 Å². The lowest BCUT2D eigenvalue weighted by atomic mass is 10.1. The third-order valence-electron chi connectivity index (χ3n) is 3.05. The lowest BCUT2D eigenvalue weighted by molar-refractivity contribution is 0.0526. The molecule has 0 aromatic heterocycles. The molecule has 0 spiro atoms. The molecule has 1 aromatic carbocycles. The summed E-state index contributed by atoms with van der Waals surface area (Å²) in [5.41, 5.74) is 7.94. The van der Waals surface area contributed by atoms with Gasteiger partial charge in [-0.3, -0.25) is 0 Å². The SMILES string of the molecule is CCCC(CC)Nc1ccc(C(=O)OCC)cc1N. The lowest BCUT2D eigenvalue weighted by Gasteiger charge is -2.19. The van der Waals surface area contributed by atoms with Crippen molar-refractivity contribution >= 4 is 17.3 Å². The summed E-state index contributed by atoms with van der Waals surface area (Å²) < 4.78 is 4.95. The highest BCUT2D eigenvalue weighted by Gasteiger charge is 2.11. The molecule has 19 heavy (non-hydrogen) atoms. The third-order valence-corrected chi connectivity index (χ3v) is 3.05. The standard InChI is InChI=1S/C15H24N2O2/c1-4-7-12(5-2)17-14-9-8-11(10-13(14)16)15(18)19-6-3/h8-10,12,17H,4-7,16H2,1-3H3. The number of nitrogens with one attached hydrogen (secondary N) is 1. The van der Waals surface area contributed by atoms with Crippen molar-refractivity contribution in [1.82, 2.24) is 0 Å². The van der Waals surface area contributed by atoms with E-state index in [0.29, 0.717) is 23.9 Å². The zero-order chi connectivity index (χ0) is 14.3. The fraction of sp³-hybridized carbons (Fsp3) is 0.533. The van der Waals surface area contributed by atoms with E-state index in [2.05, 4.69) is 19.2 Å². The van der Waals surface area contributed by atoms with Crippen molar-refractivity contribution in [2.75, 3.05) is 17.7 Å². The summed E-state index contributed by atoms with van der Waals surface area (Å²) in [6, 6.07) is 5.68. The van der Waals surface area contributed by atoms with Crippen molar-refractivity contribution in [3.63, 3.8) is 0 Å². The van der Waals surface area contributed by atoms with Gasteiger partial charge < -0.3 is 15.8 Å². The molecule has 0 aliphatic carbocycles. The van der Waals surface area contributed by atoms with E-state index in [1.165, 1.54) is 0 Å². The molecule has 0 radical (unpaired) electrons. The van der Waals surface area contributed by atoms with Crippen LogP contribution in [0.5, 0.6) is 0 Å². The van der Waals surface area contributed by atoms with Gasteiger partial charge in [0.05, 0.1) is 23.5 Å². The van der Waals surface area contributed by atoms with Crippen LogP contribution < -0.4 is 11.1 Å². The maximum absolute atomic E-state index is 11.6. The average Bonchev–Trinajstić information content (AvgIpc) is 2.40. The number of nitrogen functional groups attached to an aromatic ring is 1. The molecular formula is C15H24N2O2. The minimum atomic E-state index is -0.332. The topological polar surface area (TPSA) is 64.3 Å². The number of ether oxygens (including phenoxy) is 1. The van der Waals surface area contributed by atoms with E-state index < -0.39 is 0 Å². The van der Waals surface area contributed by atoms with Gasteiger partial charge in [0.2, 0.25) is 0 Å². The number of rotatable bonds is 7. The van der Waals surface area contributed by atoms with Gasteiger partial charge >= 0.3 is 5.97 Å². The number of nitrogens with two attached hydrogens (primary N) is 1. The molecule has 4 heteroatoms. The summed E-state index contributed by atoms with van der Waals surface area (Å²) in [4.78, 5) is 11.6.